The maximum absolute atomic E-state index is 12.5. The Morgan fingerprint density at radius 1 is 1.20 bits per heavy atom. The number of ether oxygens (including phenoxy) is 2. The molecule has 1 amide bonds. The molecule has 1 aliphatic heterocycles. The summed E-state index contributed by atoms with van der Waals surface area (Å²) < 4.78 is 16.0. The number of carbonyl (C=O) groups excluding carboxylic acids is 2. The predicted molar refractivity (Wildman–Crippen MR) is 110 cm³/mol. The summed E-state index contributed by atoms with van der Waals surface area (Å²) in [6.45, 7) is 2.29. The minimum atomic E-state index is -0.497. The Bertz CT molecular complexity index is 1060. The molecular formula is C23H22N2O5. The van der Waals surface area contributed by atoms with Gasteiger partial charge in [-0.3, -0.25) is 9.59 Å². The van der Waals surface area contributed by atoms with E-state index in [1.807, 2.05) is 55.5 Å². The van der Waals surface area contributed by atoms with E-state index < -0.39 is 11.9 Å². The normalized spacial score (nSPS) is 16.0. The lowest BCUT2D eigenvalue weighted by atomic mass is 10.1. The smallest absolute Gasteiger partial charge is 0.311 e. The highest BCUT2D eigenvalue weighted by Gasteiger charge is 2.36. The third-order valence-corrected chi connectivity index (χ3v) is 5.08. The van der Waals surface area contributed by atoms with Crippen LogP contribution < -0.4 is 9.64 Å². The van der Waals surface area contributed by atoms with Gasteiger partial charge in [0.1, 0.15) is 18.1 Å². The zero-order chi connectivity index (χ0) is 21.1. The molecule has 0 saturated carbocycles. The standard InChI is InChI=1S/C23H22N2O5/c1-15-6-8-19(9-7-15)25-13-17(11-22(25)26)23(27)29-14-18-12-21(30-24-18)16-4-3-5-20(10-16)28-2/h3-10,12,17H,11,13-14H2,1-2H3. The number of amides is 1. The van der Waals surface area contributed by atoms with E-state index >= 15 is 0 Å². The molecule has 2 aromatic carbocycles. The van der Waals surface area contributed by atoms with Crippen molar-refractivity contribution in [2.45, 2.75) is 20.0 Å². The number of methoxy groups -OCH3 is 1. The summed E-state index contributed by atoms with van der Waals surface area (Å²) in [6, 6.07) is 16.8. The van der Waals surface area contributed by atoms with Crippen molar-refractivity contribution in [3.8, 4) is 17.1 Å². The maximum atomic E-state index is 12.5. The van der Waals surface area contributed by atoms with Crippen molar-refractivity contribution < 1.29 is 23.6 Å². The SMILES string of the molecule is COc1cccc(-c2cc(COC(=O)C3CC(=O)N(c4ccc(C)cc4)C3)no2)c1. The second kappa shape index (κ2) is 8.41. The number of nitrogens with zero attached hydrogens (tertiary/aromatic N) is 2. The molecular weight excluding hydrogens is 384 g/mol. The van der Waals surface area contributed by atoms with Crippen molar-refractivity contribution in [1.82, 2.24) is 5.16 Å². The first kappa shape index (κ1) is 19.7. The van der Waals surface area contributed by atoms with E-state index in [0.29, 0.717) is 23.7 Å². The zero-order valence-corrected chi connectivity index (χ0v) is 16.8. The number of hydrogen-bond acceptors (Lipinski definition) is 6. The average Bonchev–Trinajstić information content (AvgIpc) is 3.40. The van der Waals surface area contributed by atoms with Gasteiger partial charge in [0.2, 0.25) is 5.91 Å². The number of carbonyl (C=O) groups is 2. The lowest BCUT2D eigenvalue weighted by Crippen LogP contribution is -2.26. The molecule has 7 nitrogen and oxygen atoms in total. The first-order valence-electron chi connectivity index (χ1n) is 9.67. The highest BCUT2D eigenvalue weighted by molar-refractivity contribution is 5.99. The summed E-state index contributed by atoms with van der Waals surface area (Å²) in [7, 11) is 1.60. The molecule has 0 spiro atoms. The summed E-state index contributed by atoms with van der Waals surface area (Å²) in [6.07, 6.45) is 0.139. The van der Waals surface area contributed by atoms with E-state index in [2.05, 4.69) is 5.16 Å². The number of esters is 1. The molecule has 0 N–H and O–H groups in total. The third-order valence-electron chi connectivity index (χ3n) is 5.08. The fraction of sp³-hybridized carbons (Fsp3) is 0.261. The molecule has 1 aromatic heterocycles. The molecule has 1 unspecified atom stereocenters. The lowest BCUT2D eigenvalue weighted by molar-refractivity contribution is -0.149. The number of aromatic nitrogens is 1. The van der Waals surface area contributed by atoms with Crippen LogP contribution in [0.2, 0.25) is 0 Å². The number of hydrogen-bond donors (Lipinski definition) is 0. The van der Waals surface area contributed by atoms with Gasteiger partial charge in [-0.15, -0.1) is 0 Å². The monoisotopic (exact) mass is 406 g/mol. The second-order valence-corrected chi connectivity index (χ2v) is 7.26. The largest absolute Gasteiger partial charge is 0.497 e. The Balaban J connectivity index is 1.35. The van der Waals surface area contributed by atoms with Crippen molar-refractivity contribution >= 4 is 17.6 Å². The molecule has 1 fully saturated rings. The minimum absolute atomic E-state index is 0.0124. The third kappa shape index (κ3) is 4.20. The van der Waals surface area contributed by atoms with Crippen LogP contribution in [0.1, 0.15) is 17.7 Å². The molecule has 0 bridgehead atoms. The van der Waals surface area contributed by atoms with Crippen LogP contribution in [0.4, 0.5) is 5.69 Å². The molecule has 154 valence electrons. The Hall–Kier alpha value is -3.61. The maximum Gasteiger partial charge on any atom is 0.311 e. The van der Waals surface area contributed by atoms with Gasteiger partial charge in [-0.2, -0.15) is 0 Å². The summed E-state index contributed by atoms with van der Waals surface area (Å²) in [5.41, 5.74) is 3.22. The topological polar surface area (TPSA) is 81.9 Å². The number of benzene rings is 2. The van der Waals surface area contributed by atoms with Gasteiger partial charge < -0.3 is 18.9 Å². The van der Waals surface area contributed by atoms with Crippen LogP contribution in [0.25, 0.3) is 11.3 Å². The quantitative estimate of drug-likeness (QED) is 0.580. The molecule has 0 radical (unpaired) electrons. The van der Waals surface area contributed by atoms with Crippen LogP contribution in [-0.4, -0.2) is 30.7 Å². The summed E-state index contributed by atoms with van der Waals surface area (Å²) >= 11 is 0. The molecule has 30 heavy (non-hydrogen) atoms. The molecule has 1 saturated heterocycles. The van der Waals surface area contributed by atoms with Crippen molar-refractivity contribution in [3.05, 3.63) is 65.9 Å². The van der Waals surface area contributed by atoms with Gasteiger partial charge in [-0.05, 0) is 31.2 Å². The van der Waals surface area contributed by atoms with E-state index in [1.54, 1.807) is 18.1 Å². The van der Waals surface area contributed by atoms with Crippen LogP contribution in [-0.2, 0) is 20.9 Å². The number of rotatable bonds is 6. The van der Waals surface area contributed by atoms with Gasteiger partial charge >= 0.3 is 5.97 Å². The van der Waals surface area contributed by atoms with Crippen LogP contribution in [0, 0.1) is 12.8 Å². The van der Waals surface area contributed by atoms with Crippen molar-refractivity contribution in [1.29, 1.82) is 0 Å². The number of anilines is 1. The van der Waals surface area contributed by atoms with Crippen molar-refractivity contribution in [2.24, 2.45) is 5.92 Å². The van der Waals surface area contributed by atoms with E-state index in [0.717, 1.165) is 16.8 Å². The van der Waals surface area contributed by atoms with Gasteiger partial charge in [0, 0.05) is 30.3 Å². The average molecular weight is 406 g/mol. The molecule has 2 heterocycles. The van der Waals surface area contributed by atoms with Crippen LogP contribution >= 0.6 is 0 Å². The van der Waals surface area contributed by atoms with E-state index in [-0.39, 0.29) is 18.9 Å². The summed E-state index contributed by atoms with van der Waals surface area (Å²) in [5.74, 6) is 0.275. The van der Waals surface area contributed by atoms with Gasteiger partial charge in [0.05, 0.1) is 13.0 Å². The fourth-order valence-corrected chi connectivity index (χ4v) is 3.39. The van der Waals surface area contributed by atoms with E-state index in [4.69, 9.17) is 14.0 Å². The van der Waals surface area contributed by atoms with Crippen LogP contribution in [0.5, 0.6) is 5.75 Å². The molecule has 1 aliphatic rings. The first-order chi connectivity index (χ1) is 14.5. The highest BCUT2D eigenvalue weighted by atomic mass is 16.5. The highest BCUT2D eigenvalue weighted by Crippen LogP contribution is 2.27. The summed E-state index contributed by atoms with van der Waals surface area (Å²) in [5, 5.41) is 3.96. The summed E-state index contributed by atoms with van der Waals surface area (Å²) in [4.78, 5) is 26.4. The van der Waals surface area contributed by atoms with Gasteiger partial charge in [-0.25, -0.2) is 0 Å². The Morgan fingerprint density at radius 2 is 2.00 bits per heavy atom. The Morgan fingerprint density at radius 3 is 2.77 bits per heavy atom. The second-order valence-electron chi connectivity index (χ2n) is 7.26. The van der Waals surface area contributed by atoms with E-state index in [9.17, 15) is 9.59 Å². The van der Waals surface area contributed by atoms with Crippen LogP contribution in [0.15, 0.2) is 59.1 Å². The fourth-order valence-electron chi connectivity index (χ4n) is 3.39. The zero-order valence-electron chi connectivity index (χ0n) is 16.8. The molecule has 7 heteroatoms. The van der Waals surface area contributed by atoms with Gasteiger partial charge in [0.15, 0.2) is 5.76 Å². The molecule has 3 aromatic rings. The lowest BCUT2D eigenvalue weighted by Gasteiger charge is -2.16. The van der Waals surface area contributed by atoms with Gasteiger partial charge in [-0.1, -0.05) is 35.0 Å². The predicted octanol–water partition coefficient (Wildman–Crippen LogP) is 3.75. The van der Waals surface area contributed by atoms with Crippen LogP contribution in [0.3, 0.4) is 0 Å². The van der Waals surface area contributed by atoms with Crippen molar-refractivity contribution in [3.63, 3.8) is 0 Å². The first-order valence-corrected chi connectivity index (χ1v) is 9.67. The van der Waals surface area contributed by atoms with Crippen molar-refractivity contribution in [2.75, 3.05) is 18.6 Å². The minimum Gasteiger partial charge on any atom is -0.497 e. The van der Waals surface area contributed by atoms with Gasteiger partial charge in [0.25, 0.3) is 0 Å². The molecule has 0 aliphatic carbocycles. The molecule has 4 rings (SSSR count). The molecule has 1 atom stereocenters. The Labute approximate surface area is 174 Å². The number of aryl methyl sites for hydroxylation is 1. The van der Waals surface area contributed by atoms with E-state index in [1.165, 1.54) is 0 Å². The Kier molecular flexibility index (Phi) is 5.52.